The van der Waals surface area contributed by atoms with E-state index >= 15 is 0 Å². The molecule has 118 valence electrons. The van der Waals surface area contributed by atoms with E-state index in [1.165, 1.54) is 0 Å². The molecule has 1 atom stereocenters. The number of hydrogen-bond acceptors (Lipinski definition) is 5. The second kappa shape index (κ2) is 6.31. The summed E-state index contributed by atoms with van der Waals surface area (Å²) < 4.78 is 5.35. The van der Waals surface area contributed by atoms with E-state index in [1.807, 2.05) is 0 Å². The Morgan fingerprint density at radius 3 is 2.73 bits per heavy atom. The highest BCUT2D eigenvalue weighted by molar-refractivity contribution is 6.03. The summed E-state index contributed by atoms with van der Waals surface area (Å²) >= 11 is 0. The van der Waals surface area contributed by atoms with Crippen molar-refractivity contribution in [1.29, 1.82) is 0 Å². The lowest BCUT2D eigenvalue weighted by atomic mass is 9.92. The van der Waals surface area contributed by atoms with Crippen LogP contribution in [0.15, 0.2) is 16.7 Å². The molecular formula is C15H19N3O4. The number of carbonyl (C=O) groups is 3. The van der Waals surface area contributed by atoms with E-state index in [2.05, 4.69) is 16.0 Å². The maximum Gasteiger partial charge on any atom is 0.287 e. The van der Waals surface area contributed by atoms with Crippen LogP contribution in [0.3, 0.4) is 0 Å². The first-order valence-electron chi connectivity index (χ1n) is 7.57. The van der Waals surface area contributed by atoms with E-state index in [0.717, 1.165) is 31.5 Å². The highest BCUT2D eigenvalue weighted by atomic mass is 16.3. The first-order chi connectivity index (χ1) is 10.6. The predicted molar refractivity (Wildman–Crippen MR) is 77.2 cm³/mol. The highest BCUT2D eigenvalue weighted by Crippen LogP contribution is 2.26. The van der Waals surface area contributed by atoms with Crippen molar-refractivity contribution in [3.63, 3.8) is 0 Å². The van der Waals surface area contributed by atoms with Gasteiger partial charge in [0.15, 0.2) is 5.76 Å². The Bertz CT molecular complexity index is 589. The van der Waals surface area contributed by atoms with Gasteiger partial charge in [0.25, 0.3) is 5.91 Å². The lowest BCUT2D eigenvalue weighted by Gasteiger charge is -2.21. The minimum Gasteiger partial charge on any atom is -0.459 e. The number of piperidine rings is 2. The Balaban J connectivity index is 1.61. The van der Waals surface area contributed by atoms with Gasteiger partial charge in [0.2, 0.25) is 11.8 Å². The van der Waals surface area contributed by atoms with Gasteiger partial charge >= 0.3 is 0 Å². The molecule has 3 N–H and O–H groups in total. The van der Waals surface area contributed by atoms with Crippen LogP contribution in [-0.2, 0) is 9.59 Å². The Hall–Kier alpha value is -2.15. The lowest BCUT2D eigenvalue weighted by molar-refractivity contribution is -0.134. The van der Waals surface area contributed by atoms with E-state index in [1.54, 1.807) is 12.3 Å². The number of nitrogens with one attached hydrogen (secondary N) is 3. The van der Waals surface area contributed by atoms with Crippen LogP contribution >= 0.6 is 0 Å². The Kier molecular flexibility index (Phi) is 4.24. The number of hydrogen-bond donors (Lipinski definition) is 3. The van der Waals surface area contributed by atoms with Crippen LogP contribution in [0.4, 0.5) is 0 Å². The number of carbonyl (C=O) groups excluding carboxylic acids is 3. The van der Waals surface area contributed by atoms with Gasteiger partial charge < -0.3 is 15.1 Å². The van der Waals surface area contributed by atoms with Gasteiger partial charge in [-0.25, -0.2) is 0 Å². The van der Waals surface area contributed by atoms with E-state index < -0.39 is 17.9 Å². The summed E-state index contributed by atoms with van der Waals surface area (Å²) in [5.74, 6) is -0.577. The molecule has 3 rings (SSSR count). The van der Waals surface area contributed by atoms with Crippen LogP contribution in [0.1, 0.15) is 47.7 Å². The van der Waals surface area contributed by atoms with Crippen molar-refractivity contribution in [2.45, 2.75) is 37.6 Å². The van der Waals surface area contributed by atoms with Crippen LogP contribution in [-0.4, -0.2) is 36.9 Å². The molecule has 3 heterocycles. The van der Waals surface area contributed by atoms with Gasteiger partial charge in [0.1, 0.15) is 6.04 Å². The molecule has 1 unspecified atom stereocenters. The smallest absolute Gasteiger partial charge is 0.287 e. The van der Waals surface area contributed by atoms with Crippen LogP contribution in [0.2, 0.25) is 0 Å². The Morgan fingerprint density at radius 1 is 1.23 bits per heavy atom. The normalized spacial score (nSPS) is 23.2. The predicted octanol–water partition coefficient (Wildman–Crippen LogP) is 0.282. The fraction of sp³-hybridized carbons (Fsp3) is 0.533. The molecule has 3 amide bonds. The molecule has 7 heteroatoms. The topological polar surface area (TPSA) is 100 Å². The molecule has 0 bridgehead atoms. The van der Waals surface area contributed by atoms with Crippen molar-refractivity contribution in [2.75, 3.05) is 13.1 Å². The molecule has 0 saturated carbocycles. The van der Waals surface area contributed by atoms with Crippen molar-refractivity contribution >= 4 is 17.7 Å². The fourth-order valence-electron chi connectivity index (χ4n) is 2.90. The molecule has 7 nitrogen and oxygen atoms in total. The van der Waals surface area contributed by atoms with E-state index in [4.69, 9.17) is 4.42 Å². The van der Waals surface area contributed by atoms with Gasteiger partial charge in [-0.2, -0.15) is 0 Å². The maximum atomic E-state index is 12.2. The average Bonchev–Trinajstić information content (AvgIpc) is 3.01. The molecule has 0 radical (unpaired) electrons. The summed E-state index contributed by atoms with van der Waals surface area (Å²) in [4.78, 5) is 34.9. The highest BCUT2D eigenvalue weighted by Gasteiger charge is 2.29. The van der Waals surface area contributed by atoms with E-state index in [-0.39, 0.29) is 18.1 Å². The lowest BCUT2D eigenvalue weighted by Crippen LogP contribution is -2.52. The van der Waals surface area contributed by atoms with Crippen LogP contribution < -0.4 is 16.0 Å². The molecule has 22 heavy (non-hydrogen) atoms. The van der Waals surface area contributed by atoms with Gasteiger partial charge in [-0.05, 0) is 49.9 Å². The van der Waals surface area contributed by atoms with Crippen LogP contribution in [0.5, 0.6) is 0 Å². The fourth-order valence-corrected chi connectivity index (χ4v) is 2.90. The Morgan fingerprint density at radius 2 is 2.00 bits per heavy atom. The van der Waals surface area contributed by atoms with Crippen LogP contribution in [0.25, 0.3) is 0 Å². The summed E-state index contributed by atoms with van der Waals surface area (Å²) in [7, 11) is 0. The molecule has 2 aliphatic rings. The zero-order valence-electron chi connectivity index (χ0n) is 12.2. The minimum atomic E-state index is -0.683. The quantitative estimate of drug-likeness (QED) is 0.697. The molecule has 1 aromatic heterocycles. The molecule has 0 aliphatic carbocycles. The third-order valence-corrected chi connectivity index (χ3v) is 4.20. The third kappa shape index (κ3) is 3.19. The van der Waals surface area contributed by atoms with Gasteiger partial charge in [-0.15, -0.1) is 0 Å². The van der Waals surface area contributed by atoms with Gasteiger partial charge in [0, 0.05) is 6.42 Å². The first-order valence-corrected chi connectivity index (χ1v) is 7.57. The van der Waals surface area contributed by atoms with Crippen molar-refractivity contribution < 1.29 is 18.8 Å². The maximum absolute atomic E-state index is 12.2. The molecule has 2 aliphatic heterocycles. The van der Waals surface area contributed by atoms with Gasteiger partial charge in [-0.1, -0.05) is 0 Å². The van der Waals surface area contributed by atoms with Gasteiger partial charge in [-0.3, -0.25) is 19.7 Å². The minimum absolute atomic E-state index is 0.207. The largest absolute Gasteiger partial charge is 0.459 e. The van der Waals surface area contributed by atoms with Crippen molar-refractivity contribution in [2.24, 2.45) is 0 Å². The number of furan rings is 1. The summed E-state index contributed by atoms with van der Waals surface area (Å²) in [5, 5.41) is 8.12. The second-order valence-electron chi connectivity index (χ2n) is 5.75. The molecule has 0 aromatic carbocycles. The van der Waals surface area contributed by atoms with E-state index in [0.29, 0.717) is 12.3 Å². The molecule has 2 saturated heterocycles. The van der Waals surface area contributed by atoms with Crippen LogP contribution in [0, 0.1) is 0 Å². The Labute approximate surface area is 127 Å². The molecule has 1 aromatic rings. The second-order valence-corrected chi connectivity index (χ2v) is 5.75. The zero-order valence-corrected chi connectivity index (χ0v) is 12.2. The van der Waals surface area contributed by atoms with Gasteiger partial charge in [0.05, 0.1) is 6.26 Å². The molecule has 0 spiro atoms. The summed E-state index contributed by atoms with van der Waals surface area (Å²) in [6.07, 6.45) is 4.21. The van der Waals surface area contributed by atoms with Crippen molar-refractivity contribution in [3.8, 4) is 0 Å². The number of imide groups is 1. The first kappa shape index (κ1) is 14.8. The summed E-state index contributed by atoms with van der Waals surface area (Å²) in [6.45, 7) is 1.93. The molecular weight excluding hydrogens is 286 g/mol. The zero-order chi connectivity index (χ0) is 15.5. The third-order valence-electron chi connectivity index (χ3n) is 4.20. The monoisotopic (exact) mass is 305 g/mol. The SMILES string of the molecule is O=C1CCC(NC(=O)c2cc(C3CCNCC3)co2)C(=O)N1. The average molecular weight is 305 g/mol. The van der Waals surface area contributed by atoms with Crippen molar-refractivity contribution in [1.82, 2.24) is 16.0 Å². The molecule has 2 fully saturated rings. The standard InChI is InChI=1S/C15H19N3O4/c19-13-2-1-11(14(20)18-13)17-15(21)12-7-10(8-22-12)9-3-5-16-6-4-9/h7-9,11,16H,1-6H2,(H,17,21)(H,18,19,20). The van der Waals surface area contributed by atoms with E-state index in [9.17, 15) is 14.4 Å². The number of amides is 3. The van der Waals surface area contributed by atoms with Crippen molar-refractivity contribution in [3.05, 3.63) is 23.7 Å². The summed E-state index contributed by atoms with van der Waals surface area (Å²) in [5.41, 5.74) is 1.02. The summed E-state index contributed by atoms with van der Waals surface area (Å²) in [6, 6.07) is 1.06. The number of rotatable bonds is 3.